The molecule has 5 nitrogen and oxygen atoms in total. The van der Waals surface area contributed by atoms with E-state index in [9.17, 15) is 4.79 Å². The van der Waals surface area contributed by atoms with E-state index in [4.69, 9.17) is 5.73 Å². The van der Waals surface area contributed by atoms with Crippen LogP contribution in [0, 0.1) is 0 Å². The Kier molecular flexibility index (Phi) is 2.95. The van der Waals surface area contributed by atoms with Gasteiger partial charge in [0.1, 0.15) is 0 Å². The zero-order valence-electron chi connectivity index (χ0n) is 10.5. The van der Waals surface area contributed by atoms with Gasteiger partial charge < -0.3 is 16.4 Å². The molecule has 0 saturated carbocycles. The molecule has 1 aromatic heterocycles. The second kappa shape index (κ2) is 4.76. The Labute approximate surface area is 111 Å². The second-order valence-electron chi connectivity index (χ2n) is 4.79. The molecule has 0 spiro atoms. The third kappa shape index (κ3) is 2.31. The van der Waals surface area contributed by atoms with E-state index >= 15 is 0 Å². The van der Waals surface area contributed by atoms with Gasteiger partial charge in [0, 0.05) is 36.3 Å². The van der Waals surface area contributed by atoms with Crippen LogP contribution in [0.25, 0.3) is 10.9 Å². The maximum Gasteiger partial charge on any atom is 0.220 e. The Morgan fingerprint density at radius 3 is 3.11 bits per heavy atom. The van der Waals surface area contributed by atoms with Crippen LogP contribution in [-0.4, -0.2) is 23.5 Å². The van der Waals surface area contributed by atoms with Crippen LogP contribution >= 0.6 is 0 Å². The minimum atomic E-state index is 0.132. The third-order valence-electron chi connectivity index (χ3n) is 3.43. The largest absolute Gasteiger partial charge is 0.398 e. The van der Waals surface area contributed by atoms with Gasteiger partial charge in [-0.3, -0.25) is 9.78 Å². The SMILES string of the molecule is Nc1ccc(NCC2CCC(=O)N2)c2ncccc12. The summed E-state index contributed by atoms with van der Waals surface area (Å²) >= 11 is 0. The van der Waals surface area contributed by atoms with Crippen molar-refractivity contribution in [2.75, 3.05) is 17.6 Å². The molecule has 1 aliphatic heterocycles. The van der Waals surface area contributed by atoms with Gasteiger partial charge in [-0.1, -0.05) is 0 Å². The van der Waals surface area contributed by atoms with E-state index in [-0.39, 0.29) is 11.9 Å². The highest BCUT2D eigenvalue weighted by atomic mass is 16.1. The van der Waals surface area contributed by atoms with Crippen molar-refractivity contribution in [2.45, 2.75) is 18.9 Å². The summed E-state index contributed by atoms with van der Waals surface area (Å²) in [5, 5.41) is 7.23. The Hall–Kier alpha value is -2.30. The molecule has 1 atom stereocenters. The van der Waals surface area contributed by atoms with Crippen LogP contribution in [0.2, 0.25) is 0 Å². The zero-order chi connectivity index (χ0) is 13.2. The van der Waals surface area contributed by atoms with Crippen molar-refractivity contribution in [1.29, 1.82) is 0 Å². The number of nitrogen functional groups attached to an aromatic ring is 1. The average molecular weight is 256 g/mol. The Balaban J connectivity index is 1.81. The van der Waals surface area contributed by atoms with E-state index in [1.54, 1.807) is 6.20 Å². The summed E-state index contributed by atoms with van der Waals surface area (Å²) in [5.41, 5.74) is 8.48. The van der Waals surface area contributed by atoms with Gasteiger partial charge >= 0.3 is 0 Å². The van der Waals surface area contributed by atoms with Crippen LogP contribution in [0.4, 0.5) is 11.4 Å². The first-order chi connectivity index (χ1) is 9.24. The van der Waals surface area contributed by atoms with Crippen molar-refractivity contribution in [3.05, 3.63) is 30.5 Å². The van der Waals surface area contributed by atoms with Crippen molar-refractivity contribution >= 4 is 28.2 Å². The normalized spacial score (nSPS) is 18.5. The summed E-state index contributed by atoms with van der Waals surface area (Å²) < 4.78 is 0. The van der Waals surface area contributed by atoms with Gasteiger partial charge in [-0.15, -0.1) is 0 Å². The molecule has 1 fully saturated rings. The molecule has 1 unspecified atom stereocenters. The number of nitrogens with two attached hydrogens (primary N) is 1. The van der Waals surface area contributed by atoms with E-state index < -0.39 is 0 Å². The fraction of sp³-hybridized carbons (Fsp3) is 0.286. The molecule has 0 aliphatic carbocycles. The van der Waals surface area contributed by atoms with E-state index in [0.29, 0.717) is 13.0 Å². The van der Waals surface area contributed by atoms with Gasteiger partial charge in [-0.2, -0.15) is 0 Å². The van der Waals surface area contributed by atoms with E-state index in [2.05, 4.69) is 15.6 Å². The van der Waals surface area contributed by atoms with Gasteiger partial charge in [-0.05, 0) is 30.7 Å². The third-order valence-corrected chi connectivity index (χ3v) is 3.43. The summed E-state index contributed by atoms with van der Waals surface area (Å²) in [6.07, 6.45) is 3.25. The second-order valence-corrected chi connectivity index (χ2v) is 4.79. The molecule has 1 saturated heterocycles. The predicted octanol–water partition coefficient (Wildman–Crippen LogP) is 1.51. The number of nitrogens with zero attached hydrogens (tertiary/aromatic N) is 1. The predicted molar refractivity (Wildman–Crippen MR) is 75.8 cm³/mol. The summed E-state index contributed by atoms with van der Waals surface area (Å²) in [7, 11) is 0. The maximum absolute atomic E-state index is 11.2. The fourth-order valence-corrected chi connectivity index (χ4v) is 2.40. The lowest BCUT2D eigenvalue weighted by Crippen LogP contribution is -2.31. The van der Waals surface area contributed by atoms with Crippen molar-refractivity contribution < 1.29 is 4.79 Å². The van der Waals surface area contributed by atoms with E-state index in [0.717, 1.165) is 28.7 Å². The molecule has 98 valence electrons. The molecular formula is C14H16N4O. The number of hydrogen-bond acceptors (Lipinski definition) is 4. The Bertz CT molecular complexity index is 626. The van der Waals surface area contributed by atoms with Crippen LogP contribution in [0.5, 0.6) is 0 Å². The van der Waals surface area contributed by atoms with Crippen LogP contribution < -0.4 is 16.4 Å². The molecule has 1 aromatic carbocycles. The number of rotatable bonds is 3. The van der Waals surface area contributed by atoms with Crippen molar-refractivity contribution in [3.8, 4) is 0 Å². The molecule has 5 heteroatoms. The molecule has 19 heavy (non-hydrogen) atoms. The number of pyridine rings is 1. The number of hydrogen-bond donors (Lipinski definition) is 3. The summed E-state index contributed by atoms with van der Waals surface area (Å²) in [5.74, 6) is 0.132. The van der Waals surface area contributed by atoms with E-state index in [1.807, 2.05) is 24.3 Å². The molecule has 2 heterocycles. The number of carbonyl (C=O) groups excluding carboxylic acids is 1. The first kappa shape index (κ1) is 11.8. The maximum atomic E-state index is 11.2. The number of aromatic nitrogens is 1. The fourth-order valence-electron chi connectivity index (χ4n) is 2.40. The van der Waals surface area contributed by atoms with Gasteiger partial charge in [0.05, 0.1) is 11.2 Å². The minimum absolute atomic E-state index is 0.132. The summed E-state index contributed by atoms with van der Waals surface area (Å²) in [6.45, 7) is 0.710. The van der Waals surface area contributed by atoms with Crippen LogP contribution in [-0.2, 0) is 4.79 Å². The van der Waals surface area contributed by atoms with Crippen LogP contribution in [0.3, 0.4) is 0 Å². The molecular weight excluding hydrogens is 240 g/mol. The number of benzene rings is 1. The van der Waals surface area contributed by atoms with Crippen LogP contribution in [0.1, 0.15) is 12.8 Å². The first-order valence-electron chi connectivity index (χ1n) is 6.40. The van der Waals surface area contributed by atoms with Crippen molar-refractivity contribution in [2.24, 2.45) is 0 Å². The highest BCUT2D eigenvalue weighted by Crippen LogP contribution is 2.26. The average Bonchev–Trinajstić information content (AvgIpc) is 2.84. The highest BCUT2D eigenvalue weighted by Gasteiger charge is 2.20. The lowest BCUT2D eigenvalue weighted by Gasteiger charge is -2.14. The van der Waals surface area contributed by atoms with Crippen molar-refractivity contribution in [1.82, 2.24) is 10.3 Å². The topological polar surface area (TPSA) is 80.0 Å². The number of anilines is 2. The summed E-state index contributed by atoms with van der Waals surface area (Å²) in [4.78, 5) is 15.5. The quantitative estimate of drug-likeness (QED) is 0.727. The van der Waals surface area contributed by atoms with Gasteiger partial charge in [0.2, 0.25) is 5.91 Å². The number of amides is 1. The summed E-state index contributed by atoms with van der Waals surface area (Å²) in [6, 6.07) is 7.84. The van der Waals surface area contributed by atoms with Gasteiger partial charge in [0.15, 0.2) is 0 Å². The number of fused-ring (bicyclic) bond motifs is 1. The van der Waals surface area contributed by atoms with E-state index in [1.165, 1.54) is 0 Å². The molecule has 4 N–H and O–H groups in total. The molecule has 0 bridgehead atoms. The standard InChI is InChI=1S/C14H16N4O/c15-11-4-5-12(14-10(11)2-1-7-16-14)17-8-9-3-6-13(19)18-9/h1-2,4-5,7,9,17H,3,6,8,15H2,(H,18,19). The van der Waals surface area contributed by atoms with Crippen molar-refractivity contribution in [3.63, 3.8) is 0 Å². The Morgan fingerprint density at radius 1 is 1.42 bits per heavy atom. The lowest BCUT2D eigenvalue weighted by molar-refractivity contribution is -0.119. The smallest absolute Gasteiger partial charge is 0.220 e. The molecule has 1 aliphatic rings. The molecule has 1 amide bonds. The first-order valence-corrected chi connectivity index (χ1v) is 6.40. The molecule has 3 rings (SSSR count). The monoisotopic (exact) mass is 256 g/mol. The van der Waals surface area contributed by atoms with Gasteiger partial charge in [-0.25, -0.2) is 0 Å². The zero-order valence-corrected chi connectivity index (χ0v) is 10.5. The van der Waals surface area contributed by atoms with Crippen LogP contribution in [0.15, 0.2) is 30.5 Å². The lowest BCUT2D eigenvalue weighted by atomic mass is 10.1. The number of nitrogens with one attached hydrogen (secondary N) is 2. The molecule has 2 aromatic rings. The highest BCUT2D eigenvalue weighted by molar-refractivity contribution is 5.98. The number of carbonyl (C=O) groups is 1. The minimum Gasteiger partial charge on any atom is -0.398 e. The van der Waals surface area contributed by atoms with Gasteiger partial charge in [0.25, 0.3) is 0 Å². The Morgan fingerprint density at radius 2 is 2.32 bits per heavy atom. The molecule has 0 radical (unpaired) electrons.